The third-order valence-electron chi connectivity index (χ3n) is 6.90. The third kappa shape index (κ3) is 6.42. The van der Waals surface area contributed by atoms with Crippen LogP contribution in [0.15, 0.2) is 52.3 Å². The maximum Gasteiger partial charge on any atom is 0.406 e. The molecule has 1 fully saturated rings. The highest BCUT2D eigenvalue weighted by Gasteiger charge is 2.29. The molecule has 7 nitrogen and oxygen atoms in total. The van der Waals surface area contributed by atoms with Crippen LogP contribution >= 0.6 is 22.9 Å². The number of piperidine rings is 1. The van der Waals surface area contributed by atoms with Gasteiger partial charge in [0.25, 0.3) is 5.56 Å². The zero-order valence-corrected chi connectivity index (χ0v) is 23.4. The molecule has 1 saturated heterocycles. The number of alkyl halides is 3. The van der Waals surface area contributed by atoms with E-state index in [0.29, 0.717) is 26.6 Å². The second-order valence-electron chi connectivity index (χ2n) is 9.90. The first-order chi connectivity index (χ1) is 19.1. The van der Waals surface area contributed by atoms with E-state index in [1.807, 2.05) is 25.1 Å². The first kappa shape index (κ1) is 28.4. The molecule has 0 aliphatic carbocycles. The molecule has 12 heteroatoms. The molecule has 0 amide bonds. The van der Waals surface area contributed by atoms with Crippen LogP contribution in [0, 0.1) is 6.92 Å². The Morgan fingerprint density at radius 1 is 1.07 bits per heavy atom. The molecule has 212 valence electrons. The summed E-state index contributed by atoms with van der Waals surface area (Å²) >= 11 is 7.77. The number of ether oxygens (including phenoxy) is 1. The number of hydrogen-bond acceptors (Lipinski definition) is 6. The molecule has 1 aliphatic rings. The van der Waals surface area contributed by atoms with Gasteiger partial charge in [0.05, 0.1) is 16.8 Å². The lowest BCUT2D eigenvalue weighted by Crippen LogP contribution is -2.41. The number of hydrogen-bond donors (Lipinski definition) is 0. The van der Waals surface area contributed by atoms with Crippen molar-refractivity contribution in [2.75, 3.05) is 26.2 Å². The molecule has 1 aliphatic heterocycles. The number of benzene rings is 1. The van der Waals surface area contributed by atoms with Gasteiger partial charge in [-0.25, -0.2) is 4.79 Å². The van der Waals surface area contributed by atoms with Gasteiger partial charge >= 0.3 is 11.9 Å². The number of aryl methyl sites for hydroxylation is 1. The number of halogens is 4. The lowest BCUT2D eigenvalue weighted by Gasteiger charge is -2.26. The van der Waals surface area contributed by atoms with Crippen LogP contribution in [0.5, 0.6) is 5.75 Å². The Kier molecular flexibility index (Phi) is 8.34. The molecular formula is C28H28ClF3N4O3S. The van der Waals surface area contributed by atoms with Gasteiger partial charge in [0.2, 0.25) is 0 Å². The van der Waals surface area contributed by atoms with E-state index >= 15 is 0 Å². The standard InChI is InChI=1S/C28H28ClF3N4O3S/c1-18-13-19(29)14-22(25(18)39-12-11-34-8-3-2-4-9-34)21-5-7-33-23-15-20(40-26(21)23)16-36-24(37)6-10-35(27(36)38)17-28(30,31)32/h5-7,10,13-15H,2-4,8-9,11-12,16-17H2,1H3. The third-order valence-corrected chi connectivity index (χ3v) is 8.26. The van der Waals surface area contributed by atoms with Crippen LogP contribution in [0.3, 0.4) is 0 Å². The largest absolute Gasteiger partial charge is 0.491 e. The second kappa shape index (κ2) is 11.8. The molecule has 3 aromatic heterocycles. The van der Waals surface area contributed by atoms with Crippen molar-refractivity contribution in [3.63, 3.8) is 0 Å². The predicted octanol–water partition coefficient (Wildman–Crippen LogP) is 5.72. The van der Waals surface area contributed by atoms with Gasteiger partial charge in [-0.1, -0.05) is 18.0 Å². The van der Waals surface area contributed by atoms with Crippen LogP contribution in [0.2, 0.25) is 5.02 Å². The number of thiophene rings is 1. The summed E-state index contributed by atoms with van der Waals surface area (Å²) < 4.78 is 47.1. The van der Waals surface area contributed by atoms with Crippen LogP contribution in [-0.4, -0.2) is 51.4 Å². The van der Waals surface area contributed by atoms with Gasteiger partial charge in [0, 0.05) is 46.0 Å². The molecule has 1 aromatic carbocycles. The van der Waals surface area contributed by atoms with Crippen molar-refractivity contribution >= 4 is 33.2 Å². The Labute approximate surface area is 237 Å². The summed E-state index contributed by atoms with van der Waals surface area (Å²) in [5, 5.41) is 0.554. The Hall–Kier alpha value is -3.15. The number of fused-ring (bicyclic) bond motifs is 1. The van der Waals surface area contributed by atoms with E-state index in [1.165, 1.54) is 30.6 Å². The van der Waals surface area contributed by atoms with Crippen LogP contribution in [0.25, 0.3) is 21.3 Å². The zero-order valence-electron chi connectivity index (χ0n) is 21.8. The number of rotatable bonds is 8. The smallest absolute Gasteiger partial charge is 0.406 e. The summed E-state index contributed by atoms with van der Waals surface area (Å²) in [6.45, 7) is 3.80. The number of aromatic nitrogens is 3. The van der Waals surface area contributed by atoms with Crippen molar-refractivity contribution in [3.8, 4) is 16.9 Å². The molecule has 0 radical (unpaired) electrons. The Bertz CT molecular complexity index is 1640. The minimum atomic E-state index is -4.59. The molecule has 4 aromatic rings. The fraction of sp³-hybridized carbons (Fsp3) is 0.393. The minimum absolute atomic E-state index is 0.176. The Morgan fingerprint density at radius 3 is 2.60 bits per heavy atom. The maximum atomic E-state index is 12.9. The Morgan fingerprint density at radius 2 is 1.85 bits per heavy atom. The van der Waals surface area contributed by atoms with Gasteiger partial charge in [-0.2, -0.15) is 13.2 Å². The van der Waals surface area contributed by atoms with E-state index in [0.717, 1.165) is 63.6 Å². The SMILES string of the molecule is Cc1cc(Cl)cc(-c2ccnc3cc(Cn4c(=O)ccn(CC(F)(F)F)c4=O)sc23)c1OCCN1CCCCC1. The van der Waals surface area contributed by atoms with Crippen LogP contribution < -0.4 is 16.0 Å². The molecule has 0 atom stereocenters. The van der Waals surface area contributed by atoms with Crippen molar-refractivity contribution in [2.45, 2.75) is 45.5 Å². The highest BCUT2D eigenvalue weighted by molar-refractivity contribution is 7.19. The normalized spacial score (nSPS) is 14.6. The van der Waals surface area contributed by atoms with Crippen molar-refractivity contribution in [3.05, 3.63) is 79.0 Å². The van der Waals surface area contributed by atoms with Gasteiger partial charge in [0.15, 0.2) is 0 Å². The van der Waals surface area contributed by atoms with Gasteiger partial charge in [-0.15, -0.1) is 11.3 Å². The first-order valence-corrected chi connectivity index (χ1v) is 14.2. The molecule has 0 unspecified atom stereocenters. The number of nitrogens with zero attached hydrogens (tertiary/aromatic N) is 4. The van der Waals surface area contributed by atoms with E-state index in [-0.39, 0.29) is 6.54 Å². The van der Waals surface area contributed by atoms with Gasteiger partial charge in [0.1, 0.15) is 18.9 Å². The summed E-state index contributed by atoms with van der Waals surface area (Å²) in [6.07, 6.45) is 1.60. The highest BCUT2D eigenvalue weighted by atomic mass is 35.5. The number of pyridine rings is 1. The fourth-order valence-electron chi connectivity index (χ4n) is 5.03. The van der Waals surface area contributed by atoms with Crippen molar-refractivity contribution in [1.29, 1.82) is 0 Å². The van der Waals surface area contributed by atoms with Crippen molar-refractivity contribution < 1.29 is 17.9 Å². The summed E-state index contributed by atoms with van der Waals surface area (Å²) in [5.41, 5.74) is 1.45. The van der Waals surface area contributed by atoms with Crippen molar-refractivity contribution in [1.82, 2.24) is 19.0 Å². The quantitative estimate of drug-likeness (QED) is 0.262. The molecule has 0 spiro atoms. The summed E-state index contributed by atoms with van der Waals surface area (Å²) in [7, 11) is 0. The van der Waals surface area contributed by atoms with Crippen molar-refractivity contribution in [2.24, 2.45) is 0 Å². The molecule has 0 saturated carbocycles. The summed E-state index contributed by atoms with van der Waals surface area (Å²) in [4.78, 5) is 32.6. The monoisotopic (exact) mass is 592 g/mol. The zero-order chi connectivity index (χ0) is 28.4. The topological polar surface area (TPSA) is 69.4 Å². The predicted molar refractivity (Wildman–Crippen MR) is 151 cm³/mol. The number of likely N-dealkylation sites (tertiary alicyclic amines) is 1. The molecule has 0 N–H and O–H groups in total. The fourth-order valence-corrected chi connectivity index (χ4v) is 6.43. The van der Waals surface area contributed by atoms with Gasteiger partial charge < -0.3 is 4.74 Å². The van der Waals surface area contributed by atoms with E-state index in [9.17, 15) is 22.8 Å². The lowest BCUT2D eigenvalue weighted by atomic mass is 10.0. The minimum Gasteiger partial charge on any atom is -0.491 e. The van der Waals surface area contributed by atoms with Crippen LogP contribution in [0.1, 0.15) is 29.7 Å². The average molecular weight is 593 g/mol. The Balaban J connectivity index is 1.47. The first-order valence-electron chi connectivity index (χ1n) is 13.0. The molecule has 4 heterocycles. The van der Waals surface area contributed by atoms with E-state index < -0.39 is 24.0 Å². The summed E-state index contributed by atoms with van der Waals surface area (Å²) in [5.74, 6) is 0.721. The maximum absolute atomic E-state index is 12.9. The second-order valence-corrected chi connectivity index (χ2v) is 11.5. The molecular weight excluding hydrogens is 565 g/mol. The summed E-state index contributed by atoms with van der Waals surface area (Å²) in [6, 6.07) is 8.26. The van der Waals surface area contributed by atoms with Gasteiger partial charge in [-0.05, 0) is 62.7 Å². The molecule has 0 bridgehead atoms. The lowest BCUT2D eigenvalue weighted by molar-refractivity contribution is -0.141. The van der Waals surface area contributed by atoms with E-state index in [2.05, 4.69) is 9.88 Å². The van der Waals surface area contributed by atoms with E-state index in [1.54, 1.807) is 12.3 Å². The molecule has 5 rings (SSSR count). The highest BCUT2D eigenvalue weighted by Crippen LogP contribution is 2.41. The van der Waals surface area contributed by atoms with E-state index in [4.69, 9.17) is 16.3 Å². The van der Waals surface area contributed by atoms with Crippen LogP contribution in [-0.2, 0) is 13.1 Å². The average Bonchev–Trinajstić information content (AvgIpc) is 3.32. The van der Waals surface area contributed by atoms with Crippen LogP contribution in [0.4, 0.5) is 13.2 Å². The molecule has 40 heavy (non-hydrogen) atoms. The van der Waals surface area contributed by atoms with Gasteiger partial charge in [-0.3, -0.25) is 23.8 Å².